The van der Waals surface area contributed by atoms with Gasteiger partial charge in [-0.3, -0.25) is 15.1 Å². The predicted molar refractivity (Wildman–Crippen MR) is 165 cm³/mol. The van der Waals surface area contributed by atoms with Gasteiger partial charge in [-0.15, -0.1) is 0 Å². The molecule has 1 saturated heterocycles. The Morgan fingerprint density at radius 1 is 1.07 bits per heavy atom. The van der Waals surface area contributed by atoms with Gasteiger partial charge < -0.3 is 14.5 Å². The van der Waals surface area contributed by atoms with Gasteiger partial charge >= 0.3 is 0 Å². The fraction of sp³-hybridized carbons (Fsp3) is 0.300. The monoisotopic (exact) mass is 591 g/mol. The molecule has 5 rings (SSSR count). The summed E-state index contributed by atoms with van der Waals surface area (Å²) in [6.07, 6.45) is 0.690. The summed E-state index contributed by atoms with van der Waals surface area (Å²) in [5, 5.41) is 3.39. The Morgan fingerprint density at radius 2 is 1.78 bits per heavy atom. The predicted octanol–water partition coefficient (Wildman–Crippen LogP) is 4.65. The maximum Gasteiger partial charge on any atom is 0.271 e. The number of likely N-dealkylation sites (N-methyl/N-ethyl adjacent to an activating group) is 1. The molecule has 1 unspecified atom stereocenters. The van der Waals surface area contributed by atoms with E-state index >= 15 is 0 Å². The lowest BCUT2D eigenvalue weighted by Crippen LogP contribution is -2.44. The summed E-state index contributed by atoms with van der Waals surface area (Å²) < 4.78 is 31.8. The summed E-state index contributed by atoms with van der Waals surface area (Å²) in [4.78, 5) is 27.2. The molecule has 1 atom stereocenters. The number of nitrogens with zero attached hydrogens (tertiary/aromatic N) is 4. The van der Waals surface area contributed by atoms with Crippen LogP contribution in [0.1, 0.15) is 24.2 Å². The highest BCUT2D eigenvalue weighted by Gasteiger charge is 2.25. The van der Waals surface area contributed by atoms with E-state index in [1.807, 2.05) is 18.2 Å². The van der Waals surface area contributed by atoms with E-state index in [0.29, 0.717) is 16.4 Å². The Balaban J connectivity index is 1.39. The number of aliphatic imine (C=N–C) groups is 1. The second-order valence-electron chi connectivity index (χ2n) is 9.88. The van der Waals surface area contributed by atoms with Crippen LogP contribution in [0.4, 0.5) is 10.8 Å². The Kier molecular flexibility index (Phi) is 8.67. The molecule has 1 fully saturated rings. The first-order valence-electron chi connectivity index (χ1n) is 13.4. The van der Waals surface area contributed by atoms with Crippen molar-refractivity contribution in [2.75, 3.05) is 56.2 Å². The summed E-state index contributed by atoms with van der Waals surface area (Å²) in [5.74, 6) is 0.0762. The molecule has 0 bridgehead atoms. The van der Waals surface area contributed by atoms with Gasteiger partial charge in [0.25, 0.3) is 5.91 Å². The van der Waals surface area contributed by atoms with Crippen LogP contribution in [0.5, 0.6) is 5.75 Å². The molecule has 1 aromatic heterocycles. The second kappa shape index (κ2) is 12.4. The van der Waals surface area contributed by atoms with Crippen molar-refractivity contribution in [1.29, 1.82) is 0 Å². The fourth-order valence-electron chi connectivity index (χ4n) is 4.61. The van der Waals surface area contributed by atoms with E-state index in [9.17, 15) is 13.2 Å². The first-order chi connectivity index (χ1) is 19.8. The van der Waals surface area contributed by atoms with Crippen molar-refractivity contribution in [3.63, 3.8) is 0 Å². The molecule has 1 aliphatic rings. The summed E-state index contributed by atoms with van der Waals surface area (Å²) >= 11 is 1.41. The van der Waals surface area contributed by atoms with Gasteiger partial charge in [0.1, 0.15) is 5.75 Å². The molecule has 3 aromatic carbocycles. The summed E-state index contributed by atoms with van der Waals surface area (Å²) in [5.41, 5.74) is 3.38. The molecule has 214 valence electrons. The van der Waals surface area contributed by atoms with E-state index in [0.717, 1.165) is 47.6 Å². The van der Waals surface area contributed by atoms with Crippen LogP contribution in [0.15, 0.2) is 76.6 Å². The Morgan fingerprint density at radius 3 is 2.44 bits per heavy atom. The first kappa shape index (κ1) is 28.7. The molecular formula is C30H33N5O4S2. The number of sulfone groups is 1. The number of thiazole rings is 1. The molecule has 1 aliphatic heterocycles. The van der Waals surface area contributed by atoms with Gasteiger partial charge in [-0.1, -0.05) is 30.4 Å². The van der Waals surface area contributed by atoms with E-state index < -0.39 is 21.8 Å². The number of carbonyl (C=O) groups excluding carboxylic acids is 1. The lowest BCUT2D eigenvalue weighted by Gasteiger charge is -2.34. The zero-order valence-electron chi connectivity index (χ0n) is 23.3. The summed E-state index contributed by atoms with van der Waals surface area (Å²) in [6, 6.07) is 19.7. The molecule has 1 amide bonds. The molecule has 11 heteroatoms. The van der Waals surface area contributed by atoms with Crippen molar-refractivity contribution in [3.05, 3.63) is 77.9 Å². The molecule has 41 heavy (non-hydrogen) atoms. The van der Waals surface area contributed by atoms with Crippen LogP contribution in [0.2, 0.25) is 0 Å². The smallest absolute Gasteiger partial charge is 0.271 e. The third kappa shape index (κ3) is 6.75. The molecule has 0 saturated carbocycles. The molecule has 0 spiro atoms. The first-order valence-corrected chi connectivity index (χ1v) is 15.9. The Labute approximate surface area is 244 Å². The number of ether oxygens (including phenoxy) is 1. The number of aromatic nitrogens is 1. The highest BCUT2D eigenvalue weighted by atomic mass is 32.2. The standard InChI is InChI=1S/C30H33N5O4S2/c1-4-41(37,38)25-12-7-22(8-13-25)28(39-24-10-5-21(6-11-24)20-31-2)29(36)33-30-32-26-14-9-23(19-27(26)40-30)35-17-15-34(3)16-18-35/h5-14,19-20,28H,4,15-18H2,1-3H3,(H,32,33,36). The van der Waals surface area contributed by atoms with Crippen LogP contribution in [0.3, 0.4) is 0 Å². The quantitative estimate of drug-likeness (QED) is 0.283. The second-order valence-corrected chi connectivity index (χ2v) is 13.2. The van der Waals surface area contributed by atoms with Crippen molar-refractivity contribution in [2.45, 2.75) is 17.9 Å². The highest BCUT2D eigenvalue weighted by Crippen LogP contribution is 2.32. The average Bonchev–Trinajstić information content (AvgIpc) is 3.39. The van der Waals surface area contributed by atoms with Crippen molar-refractivity contribution >= 4 is 54.3 Å². The van der Waals surface area contributed by atoms with Crippen LogP contribution in [-0.2, 0) is 14.6 Å². The lowest BCUT2D eigenvalue weighted by molar-refractivity contribution is -0.123. The Hall–Kier alpha value is -3.80. The number of rotatable bonds is 9. The van der Waals surface area contributed by atoms with Gasteiger partial charge in [-0.25, -0.2) is 13.4 Å². The SMILES string of the molecule is CCS(=O)(=O)c1ccc(C(Oc2ccc(C=NC)cc2)C(=O)Nc2nc3ccc(N4CCN(C)CC4)cc3s2)cc1. The van der Waals surface area contributed by atoms with Gasteiger partial charge in [0, 0.05) is 50.7 Å². The van der Waals surface area contributed by atoms with Crippen molar-refractivity contribution in [2.24, 2.45) is 4.99 Å². The van der Waals surface area contributed by atoms with E-state index in [4.69, 9.17) is 4.74 Å². The number of fused-ring (bicyclic) bond motifs is 1. The molecule has 0 aliphatic carbocycles. The topological polar surface area (TPSA) is 104 Å². The van der Waals surface area contributed by atoms with Crippen molar-refractivity contribution < 1.29 is 17.9 Å². The molecular weight excluding hydrogens is 558 g/mol. The van der Waals surface area contributed by atoms with Gasteiger partial charge in [-0.2, -0.15) is 0 Å². The Bertz CT molecular complexity index is 1640. The summed E-state index contributed by atoms with van der Waals surface area (Å²) in [7, 11) is 0.453. The summed E-state index contributed by atoms with van der Waals surface area (Å²) in [6.45, 7) is 5.57. The third-order valence-corrected chi connectivity index (χ3v) is 9.73. The van der Waals surface area contributed by atoms with E-state index in [2.05, 4.69) is 44.3 Å². The highest BCUT2D eigenvalue weighted by molar-refractivity contribution is 7.91. The number of hydrogen-bond acceptors (Lipinski definition) is 9. The zero-order chi connectivity index (χ0) is 29.0. The molecule has 4 aromatic rings. The number of piperazine rings is 1. The fourth-order valence-corrected chi connectivity index (χ4v) is 6.39. The van der Waals surface area contributed by atoms with Gasteiger partial charge in [0.05, 0.1) is 20.9 Å². The van der Waals surface area contributed by atoms with Gasteiger partial charge in [0.2, 0.25) is 6.10 Å². The third-order valence-electron chi connectivity index (χ3n) is 7.04. The minimum Gasteiger partial charge on any atom is -0.476 e. The van der Waals surface area contributed by atoms with Crippen LogP contribution in [0.25, 0.3) is 10.2 Å². The minimum atomic E-state index is -3.38. The number of hydrogen-bond donors (Lipinski definition) is 1. The van der Waals surface area contributed by atoms with Crippen molar-refractivity contribution in [1.82, 2.24) is 9.88 Å². The average molecular weight is 592 g/mol. The zero-order valence-corrected chi connectivity index (χ0v) is 24.9. The molecule has 9 nitrogen and oxygen atoms in total. The lowest BCUT2D eigenvalue weighted by atomic mass is 10.1. The van der Waals surface area contributed by atoms with E-state index in [1.165, 1.54) is 23.5 Å². The number of amides is 1. The van der Waals surface area contributed by atoms with E-state index in [-0.39, 0.29) is 10.6 Å². The van der Waals surface area contributed by atoms with Crippen LogP contribution < -0.4 is 15.0 Å². The largest absolute Gasteiger partial charge is 0.476 e. The van der Waals surface area contributed by atoms with E-state index in [1.54, 1.807) is 44.5 Å². The molecule has 1 N–H and O–H groups in total. The number of carbonyl (C=O) groups is 1. The van der Waals surface area contributed by atoms with Crippen LogP contribution in [-0.4, -0.2) is 76.5 Å². The number of anilines is 2. The molecule has 0 radical (unpaired) electrons. The maximum atomic E-state index is 13.6. The van der Waals surface area contributed by atoms with Crippen molar-refractivity contribution in [3.8, 4) is 5.75 Å². The van der Waals surface area contributed by atoms with Crippen LogP contribution in [0, 0.1) is 0 Å². The minimum absolute atomic E-state index is 0.00565. The maximum absolute atomic E-state index is 13.6. The van der Waals surface area contributed by atoms with Gasteiger partial charge in [-0.05, 0) is 67.2 Å². The van der Waals surface area contributed by atoms with Gasteiger partial charge in [0.15, 0.2) is 15.0 Å². The normalized spacial score (nSPS) is 15.3. The number of benzene rings is 3. The molecule has 2 heterocycles. The number of nitrogens with one attached hydrogen (secondary N) is 1. The van der Waals surface area contributed by atoms with Crippen LogP contribution >= 0.6 is 11.3 Å².